The molecule has 190 valence electrons. The smallest absolute Gasteiger partial charge is 0.281 e. The molecular formula is C30H22Cl2N2O4. The number of ether oxygens (including phenoxy) is 2. The van der Waals surface area contributed by atoms with Gasteiger partial charge in [-0.25, -0.2) is 4.90 Å². The molecule has 0 spiro atoms. The molecule has 0 saturated heterocycles. The third-order valence-corrected chi connectivity index (χ3v) is 6.29. The van der Waals surface area contributed by atoms with E-state index in [1.807, 2.05) is 36.4 Å². The highest BCUT2D eigenvalue weighted by molar-refractivity contribution is 6.31. The number of amides is 2. The van der Waals surface area contributed by atoms with Gasteiger partial charge in [-0.1, -0.05) is 47.5 Å². The van der Waals surface area contributed by atoms with Gasteiger partial charge < -0.3 is 14.8 Å². The van der Waals surface area contributed by atoms with Crippen molar-refractivity contribution in [3.8, 4) is 11.5 Å². The van der Waals surface area contributed by atoms with Gasteiger partial charge in [-0.2, -0.15) is 0 Å². The van der Waals surface area contributed by atoms with Crippen molar-refractivity contribution < 1.29 is 19.1 Å². The lowest BCUT2D eigenvalue weighted by molar-refractivity contribution is -0.120. The lowest BCUT2D eigenvalue weighted by Gasteiger charge is -2.16. The summed E-state index contributed by atoms with van der Waals surface area (Å²) in [4.78, 5) is 26.7. The molecule has 1 aliphatic heterocycles. The Morgan fingerprint density at radius 2 is 1.11 bits per heavy atom. The molecule has 6 nitrogen and oxygen atoms in total. The van der Waals surface area contributed by atoms with E-state index in [0.29, 0.717) is 46.1 Å². The SMILES string of the molecule is O=C1C=C(Nc2ccc(OCc3ccc(Cl)cc3)cc2)C(=O)N1c1ccc(OCc2ccc(Cl)cc2)cc1. The normalized spacial score (nSPS) is 12.9. The minimum atomic E-state index is -0.437. The Morgan fingerprint density at radius 1 is 0.632 bits per heavy atom. The van der Waals surface area contributed by atoms with E-state index in [2.05, 4.69) is 5.32 Å². The van der Waals surface area contributed by atoms with E-state index in [4.69, 9.17) is 32.7 Å². The third kappa shape index (κ3) is 6.17. The number of hydrogen-bond acceptors (Lipinski definition) is 5. The van der Waals surface area contributed by atoms with Crippen LogP contribution in [0.15, 0.2) is 109 Å². The van der Waals surface area contributed by atoms with Crippen LogP contribution >= 0.6 is 23.2 Å². The average Bonchev–Trinajstić information content (AvgIpc) is 3.21. The van der Waals surface area contributed by atoms with Gasteiger partial charge in [-0.15, -0.1) is 0 Å². The van der Waals surface area contributed by atoms with Crippen LogP contribution in [0.4, 0.5) is 11.4 Å². The summed E-state index contributed by atoms with van der Waals surface area (Å²) in [5, 5.41) is 4.36. The van der Waals surface area contributed by atoms with Crippen LogP contribution in [0.3, 0.4) is 0 Å². The Bertz CT molecular complexity index is 1470. The average molecular weight is 545 g/mol. The van der Waals surface area contributed by atoms with Gasteiger partial charge in [-0.05, 0) is 83.9 Å². The minimum absolute atomic E-state index is 0.188. The molecule has 5 rings (SSSR count). The summed E-state index contributed by atoms with van der Waals surface area (Å²) in [7, 11) is 0. The van der Waals surface area contributed by atoms with Gasteiger partial charge in [0.2, 0.25) is 0 Å². The number of benzene rings is 4. The van der Waals surface area contributed by atoms with Gasteiger partial charge in [0.05, 0.1) is 5.69 Å². The summed E-state index contributed by atoms with van der Waals surface area (Å²) in [6.45, 7) is 0.778. The number of anilines is 2. The van der Waals surface area contributed by atoms with Crippen LogP contribution in [0.2, 0.25) is 10.0 Å². The number of halogens is 2. The molecule has 0 radical (unpaired) electrons. The fraction of sp³-hybridized carbons (Fsp3) is 0.0667. The number of nitrogens with zero attached hydrogens (tertiary/aromatic N) is 1. The zero-order valence-electron chi connectivity index (χ0n) is 20.1. The standard InChI is InChI=1S/C30H22Cl2N2O4/c31-22-5-1-20(2-6-22)18-37-26-13-9-24(10-14-26)33-28-17-29(35)34(30(28)36)25-11-15-27(16-12-25)38-19-21-3-7-23(32)8-4-21/h1-17,33H,18-19H2. The van der Waals surface area contributed by atoms with Gasteiger partial charge in [0, 0.05) is 21.8 Å². The molecule has 1 N–H and O–H groups in total. The predicted molar refractivity (Wildman–Crippen MR) is 149 cm³/mol. The van der Waals surface area contributed by atoms with Crippen molar-refractivity contribution in [2.45, 2.75) is 13.2 Å². The maximum Gasteiger partial charge on any atom is 0.281 e. The molecule has 4 aromatic carbocycles. The van der Waals surface area contributed by atoms with Crippen LogP contribution in [0.1, 0.15) is 11.1 Å². The first-order valence-corrected chi connectivity index (χ1v) is 12.5. The number of nitrogens with one attached hydrogen (secondary N) is 1. The first-order chi connectivity index (χ1) is 18.4. The van der Waals surface area contributed by atoms with E-state index in [9.17, 15) is 9.59 Å². The summed E-state index contributed by atoms with van der Waals surface area (Å²) < 4.78 is 11.6. The highest BCUT2D eigenvalue weighted by Crippen LogP contribution is 2.27. The summed E-state index contributed by atoms with van der Waals surface area (Å²) in [5.74, 6) is 0.434. The molecule has 1 aliphatic rings. The van der Waals surface area contributed by atoms with Crippen LogP contribution in [0.25, 0.3) is 0 Å². The molecule has 0 fully saturated rings. The first kappa shape index (κ1) is 25.4. The van der Waals surface area contributed by atoms with E-state index in [0.717, 1.165) is 16.0 Å². The highest BCUT2D eigenvalue weighted by atomic mass is 35.5. The van der Waals surface area contributed by atoms with E-state index >= 15 is 0 Å². The number of carbonyl (C=O) groups is 2. The number of carbonyl (C=O) groups excluding carboxylic acids is 2. The van der Waals surface area contributed by atoms with E-state index < -0.39 is 11.8 Å². The third-order valence-electron chi connectivity index (χ3n) is 5.79. The van der Waals surface area contributed by atoms with Crippen LogP contribution in [0.5, 0.6) is 11.5 Å². The van der Waals surface area contributed by atoms with Gasteiger partial charge in [0.25, 0.3) is 11.8 Å². The van der Waals surface area contributed by atoms with Crippen LogP contribution < -0.4 is 19.7 Å². The summed E-state index contributed by atoms with van der Waals surface area (Å²) in [5.41, 5.74) is 3.28. The zero-order chi connectivity index (χ0) is 26.5. The fourth-order valence-electron chi connectivity index (χ4n) is 3.78. The van der Waals surface area contributed by atoms with E-state index in [-0.39, 0.29) is 5.70 Å². The molecular weight excluding hydrogens is 523 g/mol. The topological polar surface area (TPSA) is 67.9 Å². The van der Waals surface area contributed by atoms with E-state index in [1.165, 1.54) is 6.08 Å². The quantitative estimate of drug-likeness (QED) is 0.229. The second-order valence-corrected chi connectivity index (χ2v) is 9.38. The second-order valence-electron chi connectivity index (χ2n) is 8.51. The van der Waals surface area contributed by atoms with Crippen molar-refractivity contribution in [2.24, 2.45) is 0 Å². The molecule has 2 amide bonds. The van der Waals surface area contributed by atoms with Gasteiger partial charge >= 0.3 is 0 Å². The second kappa shape index (κ2) is 11.4. The van der Waals surface area contributed by atoms with Crippen LogP contribution in [-0.2, 0) is 22.8 Å². The zero-order valence-corrected chi connectivity index (χ0v) is 21.6. The van der Waals surface area contributed by atoms with Crippen molar-refractivity contribution in [1.29, 1.82) is 0 Å². The highest BCUT2D eigenvalue weighted by Gasteiger charge is 2.32. The maximum atomic E-state index is 13.0. The first-order valence-electron chi connectivity index (χ1n) is 11.8. The monoisotopic (exact) mass is 544 g/mol. The minimum Gasteiger partial charge on any atom is -0.489 e. The molecule has 0 aromatic heterocycles. The van der Waals surface area contributed by atoms with Gasteiger partial charge in [-0.3, -0.25) is 9.59 Å². The molecule has 0 saturated carbocycles. The van der Waals surface area contributed by atoms with Crippen LogP contribution in [0, 0.1) is 0 Å². The summed E-state index contributed by atoms with van der Waals surface area (Å²) in [6.07, 6.45) is 1.29. The molecule has 0 aliphatic carbocycles. The number of imide groups is 1. The lowest BCUT2D eigenvalue weighted by atomic mass is 10.2. The number of hydrogen-bond donors (Lipinski definition) is 1. The molecule has 1 heterocycles. The molecule has 8 heteroatoms. The van der Waals surface area contributed by atoms with Crippen molar-refractivity contribution >= 4 is 46.4 Å². The number of rotatable bonds is 9. The molecule has 38 heavy (non-hydrogen) atoms. The predicted octanol–water partition coefficient (Wildman–Crippen LogP) is 7.02. The largest absolute Gasteiger partial charge is 0.489 e. The molecule has 0 atom stereocenters. The van der Waals surface area contributed by atoms with Gasteiger partial charge in [0.15, 0.2) is 0 Å². The fourth-order valence-corrected chi connectivity index (χ4v) is 4.03. The van der Waals surface area contributed by atoms with Crippen LogP contribution in [-0.4, -0.2) is 11.8 Å². The van der Waals surface area contributed by atoms with Crippen molar-refractivity contribution in [3.05, 3.63) is 130 Å². The van der Waals surface area contributed by atoms with Gasteiger partial charge in [0.1, 0.15) is 30.4 Å². The Labute approximate surface area is 230 Å². The molecule has 0 bridgehead atoms. The lowest BCUT2D eigenvalue weighted by Crippen LogP contribution is -2.31. The van der Waals surface area contributed by atoms with E-state index in [1.54, 1.807) is 60.7 Å². The molecule has 0 unspecified atom stereocenters. The Morgan fingerprint density at radius 3 is 1.61 bits per heavy atom. The van der Waals surface area contributed by atoms with Crippen molar-refractivity contribution in [2.75, 3.05) is 10.2 Å². The maximum absolute atomic E-state index is 13.0. The van der Waals surface area contributed by atoms with Crippen molar-refractivity contribution in [3.63, 3.8) is 0 Å². The summed E-state index contributed by atoms with van der Waals surface area (Å²) in [6, 6.07) is 28.8. The molecule has 4 aromatic rings. The Kier molecular flexibility index (Phi) is 7.63. The van der Waals surface area contributed by atoms with Crippen molar-refractivity contribution in [1.82, 2.24) is 0 Å². The Balaban J connectivity index is 1.16. The summed E-state index contributed by atoms with van der Waals surface area (Å²) >= 11 is 11.8. The Hall–Kier alpha value is -4.26.